The lowest BCUT2D eigenvalue weighted by atomic mass is 9.94. The van der Waals surface area contributed by atoms with Crippen molar-refractivity contribution in [1.29, 1.82) is 0 Å². The predicted octanol–water partition coefficient (Wildman–Crippen LogP) is 1.64. The third-order valence-corrected chi connectivity index (χ3v) is 3.83. The number of fused-ring (bicyclic) bond motifs is 1. The highest BCUT2D eigenvalue weighted by atomic mass is 16.6. The summed E-state index contributed by atoms with van der Waals surface area (Å²) in [6, 6.07) is 6.94. The van der Waals surface area contributed by atoms with Gasteiger partial charge in [0.25, 0.3) is 0 Å². The summed E-state index contributed by atoms with van der Waals surface area (Å²) >= 11 is 0. The van der Waals surface area contributed by atoms with Crippen molar-refractivity contribution in [1.82, 2.24) is 10.2 Å². The van der Waals surface area contributed by atoms with Gasteiger partial charge in [0.15, 0.2) is 0 Å². The van der Waals surface area contributed by atoms with Crippen molar-refractivity contribution >= 4 is 18.0 Å². The Bertz CT molecular complexity index is 666. The molecular formula is C18H24N2O5. The smallest absolute Gasteiger partial charge is 0.408 e. The Kier molecular flexibility index (Phi) is 5.66. The average molecular weight is 348 g/mol. The summed E-state index contributed by atoms with van der Waals surface area (Å²) in [5, 5.41) is 2.43. The third-order valence-electron chi connectivity index (χ3n) is 3.83. The van der Waals surface area contributed by atoms with Crippen molar-refractivity contribution in [3.05, 3.63) is 35.4 Å². The fourth-order valence-electron chi connectivity index (χ4n) is 2.70. The van der Waals surface area contributed by atoms with Crippen LogP contribution in [0.2, 0.25) is 0 Å². The number of nitrogens with zero attached hydrogens (tertiary/aromatic N) is 1. The summed E-state index contributed by atoms with van der Waals surface area (Å²) in [4.78, 5) is 37.8. The summed E-state index contributed by atoms with van der Waals surface area (Å²) in [7, 11) is 1.30. The van der Waals surface area contributed by atoms with E-state index in [1.165, 1.54) is 12.0 Å². The van der Waals surface area contributed by atoms with Gasteiger partial charge in [0.2, 0.25) is 5.91 Å². The zero-order valence-electron chi connectivity index (χ0n) is 15.0. The number of benzene rings is 1. The summed E-state index contributed by atoms with van der Waals surface area (Å²) in [6.07, 6.45) is -0.283. The van der Waals surface area contributed by atoms with Gasteiger partial charge in [0.05, 0.1) is 7.11 Å². The highest BCUT2D eigenvalue weighted by molar-refractivity contribution is 5.88. The molecule has 1 atom stereocenters. The summed E-state index contributed by atoms with van der Waals surface area (Å²) in [5.41, 5.74) is 1.35. The van der Waals surface area contributed by atoms with Crippen molar-refractivity contribution in [2.75, 3.05) is 13.7 Å². The monoisotopic (exact) mass is 348 g/mol. The Morgan fingerprint density at radius 3 is 2.44 bits per heavy atom. The standard InChI is InChI=1S/C18H24N2O5/c1-18(2,3)25-17(23)19-10-15(21)20-11-13-8-6-5-7-12(13)9-14(20)16(22)24-4/h5-8,14H,9-11H2,1-4H3,(H,19,23)/t14-/m0/s1. The van der Waals surface area contributed by atoms with Gasteiger partial charge in [-0.3, -0.25) is 4.79 Å². The number of esters is 1. The van der Waals surface area contributed by atoms with E-state index in [-0.39, 0.29) is 12.5 Å². The number of alkyl carbamates (subject to hydrolysis) is 1. The molecule has 0 bridgehead atoms. The van der Waals surface area contributed by atoms with Crippen molar-refractivity contribution in [2.24, 2.45) is 0 Å². The number of carbonyl (C=O) groups excluding carboxylic acids is 3. The lowest BCUT2D eigenvalue weighted by Crippen LogP contribution is -2.52. The molecule has 1 N–H and O–H groups in total. The van der Waals surface area contributed by atoms with Gasteiger partial charge >= 0.3 is 12.1 Å². The van der Waals surface area contributed by atoms with Crippen LogP contribution in [0.15, 0.2) is 24.3 Å². The highest BCUT2D eigenvalue weighted by Crippen LogP contribution is 2.24. The van der Waals surface area contributed by atoms with E-state index in [1.54, 1.807) is 20.8 Å². The molecule has 1 aliphatic rings. The molecule has 1 heterocycles. The van der Waals surface area contributed by atoms with Gasteiger partial charge in [0.1, 0.15) is 18.2 Å². The van der Waals surface area contributed by atoms with Crippen molar-refractivity contribution < 1.29 is 23.9 Å². The Balaban J connectivity index is 2.07. The first-order valence-electron chi connectivity index (χ1n) is 8.12. The molecule has 0 unspecified atom stereocenters. The molecular weight excluding hydrogens is 324 g/mol. The molecule has 0 spiro atoms. The lowest BCUT2D eigenvalue weighted by molar-refractivity contribution is -0.153. The van der Waals surface area contributed by atoms with Crippen LogP contribution in [0.3, 0.4) is 0 Å². The number of hydrogen-bond donors (Lipinski definition) is 1. The molecule has 1 aromatic carbocycles. The van der Waals surface area contributed by atoms with Gasteiger partial charge < -0.3 is 19.7 Å². The van der Waals surface area contributed by atoms with Gasteiger partial charge in [-0.25, -0.2) is 9.59 Å². The second-order valence-corrected chi connectivity index (χ2v) is 6.89. The van der Waals surface area contributed by atoms with Gasteiger partial charge in [-0.05, 0) is 31.9 Å². The summed E-state index contributed by atoms with van der Waals surface area (Å²) in [5.74, 6) is -0.837. The van der Waals surface area contributed by atoms with Crippen molar-refractivity contribution in [3.63, 3.8) is 0 Å². The Labute approximate surface area is 147 Å². The second-order valence-electron chi connectivity index (χ2n) is 6.89. The molecule has 0 saturated heterocycles. The number of nitrogens with one attached hydrogen (secondary N) is 1. The average Bonchev–Trinajstić information content (AvgIpc) is 2.56. The maximum atomic E-state index is 12.6. The maximum Gasteiger partial charge on any atom is 0.408 e. The van der Waals surface area contributed by atoms with Crippen molar-refractivity contribution in [2.45, 2.75) is 45.4 Å². The fourth-order valence-corrected chi connectivity index (χ4v) is 2.70. The van der Waals surface area contributed by atoms with Crippen LogP contribution in [-0.4, -0.2) is 48.2 Å². The van der Waals surface area contributed by atoms with Gasteiger partial charge in [-0.1, -0.05) is 24.3 Å². The molecule has 7 nitrogen and oxygen atoms in total. The topological polar surface area (TPSA) is 84.9 Å². The largest absolute Gasteiger partial charge is 0.467 e. The molecule has 0 aliphatic carbocycles. The fraction of sp³-hybridized carbons (Fsp3) is 0.500. The molecule has 7 heteroatoms. The Morgan fingerprint density at radius 2 is 1.84 bits per heavy atom. The predicted molar refractivity (Wildman–Crippen MR) is 90.7 cm³/mol. The number of carbonyl (C=O) groups is 3. The van der Waals surface area contributed by atoms with E-state index in [1.807, 2.05) is 24.3 Å². The number of amides is 2. The van der Waals surface area contributed by atoms with E-state index in [9.17, 15) is 14.4 Å². The zero-order chi connectivity index (χ0) is 18.6. The molecule has 1 aliphatic heterocycles. The van der Waals surface area contributed by atoms with Crippen LogP contribution in [0.4, 0.5) is 4.79 Å². The molecule has 0 saturated carbocycles. The molecule has 25 heavy (non-hydrogen) atoms. The number of methoxy groups -OCH3 is 1. The molecule has 2 rings (SSSR count). The third kappa shape index (κ3) is 4.95. The van der Waals surface area contributed by atoms with Gasteiger partial charge in [-0.15, -0.1) is 0 Å². The first-order chi connectivity index (χ1) is 11.7. The Hall–Kier alpha value is -2.57. The van der Waals surface area contributed by atoms with E-state index in [2.05, 4.69) is 5.32 Å². The minimum absolute atomic E-state index is 0.245. The van der Waals surface area contributed by atoms with Crippen molar-refractivity contribution in [3.8, 4) is 0 Å². The first-order valence-corrected chi connectivity index (χ1v) is 8.12. The van der Waals surface area contributed by atoms with Crippen LogP contribution in [0.1, 0.15) is 31.9 Å². The number of rotatable bonds is 3. The second kappa shape index (κ2) is 7.55. The van der Waals surface area contributed by atoms with Crippen LogP contribution >= 0.6 is 0 Å². The van der Waals surface area contributed by atoms with Gasteiger partial charge in [0, 0.05) is 13.0 Å². The van der Waals surface area contributed by atoms with E-state index in [0.29, 0.717) is 13.0 Å². The molecule has 2 amide bonds. The summed E-state index contributed by atoms with van der Waals surface area (Å²) in [6.45, 7) is 5.27. The van der Waals surface area contributed by atoms with E-state index < -0.39 is 23.7 Å². The minimum atomic E-state index is -0.701. The van der Waals surface area contributed by atoms with Crippen LogP contribution in [0.25, 0.3) is 0 Å². The van der Waals surface area contributed by atoms with E-state index >= 15 is 0 Å². The highest BCUT2D eigenvalue weighted by Gasteiger charge is 2.35. The first kappa shape index (κ1) is 18.8. The normalized spacial score (nSPS) is 16.6. The maximum absolute atomic E-state index is 12.6. The van der Waals surface area contributed by atoms with Crippen LogP contribution in [0.5, 0.6) is 0 Å². The van der Waals surface area contributed by atoms with E-state index in [0.717, 1.165) is 11.1 Å². The van der Waals surface area contributed by atoms with Gasteiger partial charge in [-0.2, -0.15) is 0 Å². The lowest BCUT2D eigenvalue weighted by Gasteiger charge is -2.35. The van der Waals surface area contributed by atoms with Crippen LogP contribution in [0, 0.1) is 0 Å². The number of ether oxygens (including phenoxy) is 2. The minimum Gasteiger partial charge on any atom is -0.467 e. The molecule has 0 fully saturated rings. The summed E-state index contributed by atoms with van der Waals surface area (Å²) < 4.78 is 9.95. The SMILES string of the molecule is COC(=O)[C@@H]1Cc2ccccc2CN1C(=O)CNC(=O)OC(C)(C)C. The van der Waals surface area contributed by atoms with Crippen LogP contribution in [-0.2, 0) is 32.0 Å². The van der Waals surface area contributed by atoms with Crippen LogP contribution < -0.4 is 5.32 Å². The number of hydrogen-bond acceptors (Lipinski definition) is 5. The molecule has 1 aromatic rings. The quantitative estimate of drug-likeness (QED) is 0.840. The Morgan fingerprint density at radius 1 is 1.20 bits per heavy atom. The zero-order valence-corrected chi connectivity index (χ0v) is 15.0. The molecule has 0 aromatic heterocycles. The molecule has 0 radical (unpaired) electrons. The van der Waals surface area contributed by atoms with E-state index in [4.69, 9.17) is 9.47 Å². The molecule has 136 valence electrons.